The molecule has 0 aromatic heterocycles. The van der Waals surface area contributed by atoms with Crippen molar-refractivity contribution in [2.24, 2.45) is 0 Å². The average molecular weight is 352 g/mol. The number of carboxylic acid groups (broad SMARTS) is 2. The Balaban J connectivity index is 2.00. The predicted molar refractivity (Wildman–Crippen MR) is 101 cm³/mol. The van der Waals surface area contributed by atoms with Crippen molar-refractivity contribution in [1.29, 1.82) is 0 Å². The van der Waals surface area contributed by atoms with E-state index in [-0.39, 0.29) is 24.0 Å². The van der Waals surface area contributed by atoms with E-state index in [1.54, 1.807) is 0 Å². The second kappa shape index (κ2) is 10.2. The molecule has 0 aliphatic rings. The maximum atomic E-state index is 11.6. The molecule has 2 rings (SSSR count). The number of aryl methyl sites for hydroxylation is 2. The molecule has 0 bridgehead atoms. The summed E-state index contributed by atoms with van der Waals surface area (Å²) in [5.74, 6) is -2.26. The first-order valence-corrected chi connectivity index (χ1v) is 8.84. The van der Waals surface area contributed by atoms with Gasteiger partial charge in [0.1, 0.15) is 0 Å². The third-order valence-corrected chi connectivity index (χ3v) is 4.35. The van der Waals surface area contributed by atoms with Crippen LogP contribution in [0.4, 0.5) is 0 Å². The van der Waals surface area contributed by atoms with Crippen LogP contribution in [0.2, 0.25) is 0 Å². The minimum absolute atomic E-state index is 0.0292. The van der Waals surface area contributed by atoms with Crippen molar-refractivity contribution in [1.82, 2.24) is 0 Å². The fourth-order valence-corrected chi connectivity index (χ4v) is 3.00. The van der Waals surface area contributed by atoms with Crippen LogP contribution >= 0.6 is 0 Å². The molecule has 0 amide bonds. The van der Waals surface area contributed by atoms with E-state index in [0.717, 1.165) is 24.0 Å². The number of rotatable bonds is 10. The summed E-state index contributed by atoms with van der Waals surface area (Å²) in [6.07, 6.45) is 3.21. The summed E-state index contributed by atoms with van der Waals surface area (Å²) in [4.78, 5) is 23.2. The molecular formula is C22H24O4. The topological polar surface area (TPSA) is 74.6 Å². The van der Waals surface area contributed by atoms with E-state index in [4.69, 9.17) is 0 Å². The van der Waals surface area contributed by atoms with E-state index in [9.17, 15) is 19.8 Å². The molecular weight excluding hydrogens is 328 g/mol. The number of carboxylic acids is 2. The van der Waals surface area contributed by atoms with Gasteiger partial charge in [0.2, 0.25) is 0 Å². The monoisotopic (exact) mass is 352 g/mol. The van der Waals surface area contributed by atoms with Crippen molar-refractivity contribution in [3.63, 3.8) is 0 Å². The lowest BCUT2D eigenvalue weighted by atomic mass is 9.96. The smallest absolute Gasteiger partial charge is 0.332 e. The van der Waals surface area contributed by atoms with Gasteiger partial charge in [0.05, 0.1) is 0 Å². The van der Waals surface area contributed by atoms with Crippen molar-refractivity contribution < 1.29 is 19.8 Å². The lowest BCUT2D eigenvalue weighted by Gasteiger charge is -2.10. The van der Waals surface area contributed by atoms with E-state index in [0.29, 0.717) is 12.8 Å². The summed E-state index contributed by atoms with van der Waals surface area (Å²) in [6.45, 7) is 0. The standard InChI is InChI=1S/C22H24O4/c23-21(24)19(15-7-13-17-9-3-1-4-10-17)20(22(25)26)16-8-14-18-11-5-2-6-12-18/h1-6,9-12H,7-8,13-16H2,(H,23,24)(H,25,26). The molecule has 26 heavy (non-hydrogen) atoms. The van der Waals surface area contributed by atoms with Crippen LogP contribution in [0, 0.1) is 0 Å². The lowest BCUT2D eigenvalue weighted by molar-refractivity contribution is -0.136. The van der Waals surface area contributed by atoms with Crippen LogP contribution in [0.3, 0.4) is 0 Å². The molecule has 4 nitrogen and oxygen atoms in total. The summed E-state index contributed by atoms with van der Waals surface area (Å²) < 4.78 is 0. The zero-order valence-corrected chi connectivity index (χ0v) is 14.7. The quantitative estimate of drug-likeness (QED) is 0.618. The Morgan fingerprint density at radius 3 is 1.27 bits per heavy atom. The highest BCUT2D eigenvalue weighted by Gasteiger charge is 2.19. The van der Waals surface area contributed by atoms with Gasteiger partial charge in [-0.1, -0.05) is 60.7 Å². The van der Waals surface area contributed by atoms with Gasteiger partial charge in [0.15, 0.2) is 0 Å². The molecule has 4 heteroatoms. The zero-order chi connectivity index (χ0) is 18.8. The normalized spacial score (nSPS) is 11.7. The Hall–Kier alpha value is -2.88. The Morgan fingerprint density at radius 1 is 0.615 bits per heavy atom. The summed E-state index contributed by atoms with van der Waals surface area (Å²) >= 11 is 0. The van der Waals surface area contributed by atoms with Gasteiger partial charge in [-0.25, -0.2) is 9.59 Å². The molecule has 0 saturated heterocycles. The van der Waals surface area contributed by atoms with Gasteiger partial charge in [0, 0.05) is 11.1 Å². The molecule has 0 unspecified atom stereocenters. The van der Waals surface area contributed by atoms with E-state index in [1.807, 2.05) is 60.7 Å². The first-order valence-electron chi connectivity index (χ1n) is 8.84. The first kappa shape index (κ1) is 19.4. The van der Waals surface area contributed by atoms with Crippen LogP contribution in [0.25, 0.3) is 0 Å². The molecule has 2 aromatic carbocycles. The highest BCUT2D eigenvalue weighted by Crippen LogP contribution is 2.20. The summed E-state index contributed by atoms with van der Waals surface area (Å²) in [5.41, 5.74) is 2.30. The summed E-state index contributed by atoms with van der Waals surface area (Å²) in [6, 6.07) is 19.6. The van der Waals surface area contributed by atoms with Crippen LogP contribution in [0.1, 0.15) is 36.8 Å². The number of hydrogen-bond donors (Lipinski definition) is 2. The maximum absolute atomic E-state index is 11.6. The molecule has 0 radical (unpaired) electrons. The second-order valence-electron chi connectivity index (χ2n) is 6.25. The number of benzene rings is 2. The van der Waals surface area contributed by atoms with Crippen LogP contribution in [-0.4, -0.2) is 22.2 Å². The fourth-order valence-electron chi connectivity index (χ4n) is 3.00. The van der Waals surface area contributed by atoms with Crippen LogP contribution in [-0.2, 0) is 22.4 Å². The van der Waals surface area contributed by atoms with Crippen molar-refractivity contribution in [2.45, 2.75) is 38.5 Å². The van der Waals surface area contributed by atoms with Crippen LogP contribution in [0.5, 0.6) is 0 Å². The molecule has 0 heterocycles. The molecule has 0 saturated carbocycles. The predicted octanol–water partition coefficient (Wildman–Crippen LogP) is 4.50. The molecule has 0 spiro atoms. The first-order chi connectivity index (χ1) is 12.6. The van der Waals surface area contributed by atoms with Gasteiger partial charge in [-0.3, -0.25) is 0 Å². The molecule has 0 aliphatic carbocycles. The SMILES string of the molecule is O=C(O)C(CCCc1ccccc1)=C(CCCc1ccccc1)C(=O)O. The number of aliphatic carboxylic acids is 2. The largest absolute Gasteiger partial charge is 0.478 e. The fraction of sp³-hybridized carbons (Fsp3) is 0.273. The molecule has 0 fully saturated rings. The Kier molecular flexibility index (Phi) is 7.62. The van der Waals surface area contributed by atoms with Gasteiger partial charge in [-0.15, -0.1) is 0 Å². The third-order valence-electron chi connectivity index (χ3n) is 4.35. The molecule has 2 aromatic rings. The second-order valence-corrected chi connectivity index (χ2v) is 6.25. The number of hydrogen-bond acceptors (Lipinski definition) is 2. The molecule has 0 atom stereocenters. The van der Waals surface area contributed by atoms with Crippen molar-refractivity contribution in [3.05, 3.63) is 82.9 Å². The molecule has 2 N–H and O–H groups in total. The van der Waals surface area contributed by atoms with Gasteiger partial charge in [-0.2, -0.15) is 0 Å². The van der Waals surface area contributed by atoms with E-state index in [1.165, 1.54) is 0 Å². The Labute approximate surface area is 153 Å². The third kappa shape index (κ3) is 6.20. The lowest BCUT2D eigenvalue weighted by Crippen LogP contribution is -2.12. The minimum atomic E-state index is -1.13. The van der Waals surface area contributed by atoms with Gasteiger partial charge >= 0.3 is 11.9 Å². The Bertz CT molecular complexity index is 683. The van der Waals surface area contributed by atoms with Crippen LogP contribution in [0.15, 0.2) is 71.8 Å². The van der Waals surface area contributed by atoms with Crippen molar-refractivity contribution in [3.8, 4) is 0 Å². The van der Waals surface area contributed by atoms with Gasteiger partial charge < -0.3 is 10.2 Å². The summed E-state index contributed by atoms with van der Waals surface area (Å²) in [5, 5.41) is 19.0. The van der Waals surface area contributed by atoms with Gasteiger partial charge in [0.25, 0.3) is 0 Å². The highest BCUT2D eigenvalue weighted by atomic mass is 16.4. The van der Waals surface area contributed by atoms with Crippen molar-refractivity contribution >= 4 is 11.9 Å². The summed E-state index contributed by atoms with van der Waals surface area (Å²) in [7, 11) is 0. The minimum Gasteiger partial charge on any atom is -0.478 e. The zero-order valence-electron chi connectivity index (χ0n) is 14.7. The van der Waals surface area contributed by atoms with Gasteiger partial charge in [-0.05, 0) is 49.7 Å². The van der Waals surface area contributed by atoms with Crippen LogP contribution < -0.4 is 0 Å². The van der Waals surface area contributed by atoms with E-state index < -0.39 is 11.9 Å². The Morgan fingerprint density at radius 2 is 0.962 bits per heavy atom. The highest BCUT2D eigenvalue weighted by molar-refractivity contribution is 5.98. The van der Waals surface area contributed by atoms with Crippen molar-refractivity contribution in [2.75, 3.05) is 0 Å². The van der Waals surface area contributed by atoms with E-state index in [2.05, 4.69) is 0 Å². The average Bonchev–Trinajstić information content (AvgIpc) is 2.64. The van der Waals surface area contributed by atoms with E-state index >= 15 is 0 Å². The molecule has 136 valence electrons. The number of carbonyl (C=O) groups is 2. The maximum Gasteiger partial charge on any atom is 0.332 e. The molecule has 0 aliphatic heterocycles.